The Morgan fingerprint density at radius 3 is 2.48 bits per heavy atom. The molecule has 0 aliphatic carbocycles. The quantitative estimate of drug-likeness (QED) is 0.622. The number of ketones is 1. The number of carbonyl (C=O) groups excluding carboxylic acids is 3. The summed E-state index contributed by atoms with van der Waals surface area (Å²) in [7, 11) is 0. The van der Waals surface area contributed by atoms with Crippen LogP contribution in [0.2, 0.25) is 4.34 Å². The van der Waals surface area contributed by atoms with Gasteiger partial charge in [-0.05, 0) is 31.2 Å². The molecule has 0 spiro atoms. The van der Waals surface area contributed by atoms with Gasteiger partial charge in [0.05, 0.1) is 15.8 Å². The molecule has 2 rings (SSSR count). The molecule has 0 saturated heterocycles. The first-order chi connectivity index (χ1) is 10.9. The molecule has 2 aromatic heterocycles. The van der Waals surface area contributed by atoms with E-state index in [1.807, 2.05) is 0 Å². The number of esters is 1. The van der Waals surface area contributed by atoms with Crippen molar-refractivity contribution in [1.29, 1.82) is 0 Å². The van der Waals surface area contributed by atoms with Crippen molar-refractivity contribution in [2.24, 2.45) is 0 Å². The number of hydrogen-bond acceptors (Lipinski definition) is 6. The van der Waals surface area contributed by atoms with E-state index in [9.17, 15) is 14.4 Å². The number of carbonyl (C=O) groups is 3. The highest BCUT2D eigenvalue weighted by atomic mass is 35.5. The number of halogens is 1. The predicted octanol–water partition coefficient (Wildman–Crippen LogP) is 3.53. The molecule has 122 valence electrons. The van der Waals surface area contributed by atoms with Crippen molar-refractivity contribution in [3.05, 3.63) is 43.2 Å². The van der Waals surface area contributed by atoms with Crippen molar-refractivity contribution in [3.8, 4) is 0 Å². The Kier molecular flexibility index (Phi) is 5.92. The predicted molar refractivity (Wildman–Crippen MR) is 90.4 cm³/mol. The van der Waals surface area contributed by atoms with Crippen LogP contribution in [0.25, 0.3) is 0 Å². The number of ether oxygens (including phenoxy) is 1. The molecule has 1 amide bonds. The van der Waals surface area contributed by atoms with Gasteiger partial charge in [0.15, 0.2) is 6.10 Å². The second kappa shape index (κ2) is 7.72. The molecule has 5 nitrogen and oxygen atoms in total. The standard InChI is InChI=1S/C15H14ClNO4S2/c1-8(21-15(20)12-5-6-13(16)23-12)14(19)11-4-3-10(22-11)7-17-9(2)18/h3-6,8H,7H2,1-2H3,(H,17,18)/t8-/m1/s1. The fourth-order valence-electron chi connectivity index (χ4n) is 1.71. The van der Waals surface area contributed by atoms with Crippen LogP contribution >= 0.6 is 34.3 Å². The fourth-order valence-corrected chi connectivity index (χ4v) is 3.61. The Labute approximate surface area is 146 Å². The summed E-state index contributed by atoms with van der Waals surface area (Å²) in [4.78, 5) is 36.8. The second-order valence-electron chi connectivity index (χ2n) is 4.69. The highest BCUT2D eigenvalue weighted by Crippen LogP contribution is 2.23. The maximum absolute atomic E-state index is 12.3. The fraction of sp³-hybridized carbons (Fsp3) is 0.267. The van der Waals surface area contributed by atoms with Crippen LogP contribution in [0.4, 0.5) is 0 Å². The third-order valence-electron chi connectivity index (χ3n) is 2.84. The van der Waals surface area contributed by atoms with Crippen molar-refractivity contribution in [1.82, 2.24) is 5.32 Å². The third kappa shape index (κ3) is 4.89. The summed E-state index contributed by atoms with van der Waals surface area (Å²) in [6.45, 7) is 3.33. The van der Waals surface area contributed by atoms with Gasteiger partial charge in [-0.2, -0.15) is 0 Å². The van der Waals surface area contributed by atoms with Gasteiger partial charge in [-0.15, -0.1) is 22.7 Å². The van der Waals surface area contributed by atoms with Gasteiger partial charge in [0.2, 0.25) is 11.7 Å². The van der Waals surface area contributed by atoms with E-state index >= 15 is 0 Å². The molecular weight excluding hydrogens is 358 g/mol. The average molecular weight is 372 g/mol. The van der Waals surface area contributed by atoms with Gasteiger partial charge >= 0.3 is 5.97 Å². The van der Waals surface area contributed by atoms with Crippen LogP contribution < -0.4 is 5.32 Å². The zero-order chi connectivity index (χ0) is 17.0. The summed E-state index contributed by atoms with van der Waals surface area (Å²) in [6, 6.07) is 6.59. The smallest absolute Gasteiger partial charge is 0.349 e. The van der Waals surface area contributed by atoms with Gasteiger partial charge in [-0.3, -0.25) is 9.59 Å². The van der Waals surface area contributed by atoms with Gasteiger partial charge in [0.25, 0.3) is 0 Å². The summed E-state index contributed by atoms with van der Waals surface area (Å²) in [5.74, 6) is -0.985. The second-order valence-corrected chi connectivity index (χ2v) is 7.57. The van der Waals surface area contributed by atoms with Crippen LogP contribution in [-0.4, -0.2) is 23.8 Å². The first kappa shape index (κ1) is 17.7. The maximum atomic E-state index is 12.3. The van der Waals surface area contributed by atoms with Gasteiger partial charge in [-0.1, -0.05) is 11.6 Å². The molecule has 1 atom stereocenters. The van der Waals surface area contributed by atoms with Crippen molar-refractivity contribution >= 4 is 51.9 Å². The molecule has 0 aliphatic rings. The monoisotopic (exact) mass is 371 g/mol. The molecule has 2 aromatic rings. The van der Waals surface area contributed by atoms with Crippen molar-refractivity contribution in [2.75, 3.05) is 0 Å². The van der Waals surface area contributed by atoms with Gasteiger partial charge in [0.1, 0.15) is 4.88 Å². The highest BCUT2D eigenvalue weighted by molar-refractivity contribution is 7.17. The average Bonchev–Trinajstić information content (AvgIpc) is 3.13. The van der Waals surface area contributed by atoms with E-state index in [1.165, 1.54) is 25.2 Å². The topological polar surface area (TPSA) is 72.5 Å². The number of rotatable bonds is 6. The summed E-state index contributed by atoms with van der Waals surface area (Å²) in [5, 5.41) is 2.66. The lowest BCUT2D eigenvalue weighted by Crippen LogP contribution is -2.23. The Morgan fingerprint density at radius 1 is 1.17 bits per heavy atom. The van der Waals surface area contributed by atoms with Crippen LogP contribution in [0.15, 0.2) is 24.3 Å². The Balaban J connectivity index is 1.96. The van der Waals surface area contributed by atoms with Crippen LogP contribution in [-0.2, 0) is 16.1 Å². The number of amides is 1. The summed E-state index contributed by atoms with van der Waals surface area (Å²) >= 11 is 8.13. The molecule has 0 aliphatic heterocycles. The van der Waals surface area contributed by atoms with Crippen LogP contribution in [0.3, 0.4) is 0 Å². The molecule has 2 heterocycles. The number of Topliss-reactive ketones (excluding diaryl/α,β-unsaturated/α-hetero) is 1. The molecular formula is C15H14ClNO4S2. The Bertz CT molecular complexity index is 737. The minimum atomic E-state index is -0.893. The Morgan fingerprint density at radius 2 is 1.87 bits per heavy atom. The lowest BCUT2D eigenvalue weighted by Gasteiger charge is -2.10. The van der Waals surface area contributed by atoms with Crippen LogP contribution in [0.1, 0.15) is 38.1 Å². The van der Waals surface area contributed by atoms with E-state index in [-0.39, 0.29) is 11.7 Å². The van der Waals surface area contributed by atoms with E-state index in [0.29, 0.717) is 20.6 Å². The number of thiophene rings is 2. The first-order valence-corrected chi connectivity index (χ1v) is 8.71. The lowest BCUT2D eigenvalue weighted by molar-refractivity contribution is -0.119. The highest BCUT2D eigenvalue weighted by Gasteiger charge is 2.22. The lowest BCUT2D eigenvalue weighted by atomic mass is 10.2. The SMILES string of the molecule is CC(=O)NCc1ccc(C(=O)[C@@H](C)OC(=O)c2ccc(Cl)s2)s1. The largest absolute Gasteiger partial charge is 0.450 e. The summed E-state index contributed by atoms with van der Waals surface area (Å²) in [6.07, 6.45) is -0.893. The molecule has 0 bridgehead atoms. The molecule has 0 aromatic carbocycles. The first-order valence-electron chi connectivity index (χ1n) is 6.70. The number of nitrogens with one attached hydrogen (secondary N) is 1. The summed E-state index contributed by atoms with van der Waals surface area (Å²) in [5.41, 5.74) is 0. The van der Waals surface area contributed by atoms with Gasteiger partial charge in [-0.25, -0.2) is 4.79 Å². The normalized spacial score (nSPS) is 11.8. The molecule has 0 unspecified atom stereocenters. The zero-order valence-corrected chi connectivity index (χ0v) is 14.8. The van der Waals surface area contributed by atoms with E-state index in [1.54, 1.807) is 24.3 Å². The van der Waals surface area contributed by atoms with E-state index < -0.39 is 12.1 Å². The maximum Gasteiger partial charge on any atom is 0.349 e. The van der Waals surface area contributed by atoms with Crippen molar-refractivity contribution in [2.45, 2.75) is 26.5 Å². The molecule has 8 heteroatoms. The van der Waals surface area contributed by atoms with Crippen LogP contribution in [0.5, 0.6) is 0 Å². The molecule has 23 heavy (non-hydrogen) atoms. The van der Waals surface area contributed by atoms with E-state index in [0.717, 1.165) is 16.2 Å². The summed E-state index contributed by atoms with van der Waals surface area (Å²) < 4.78 is 5.66. The minimum Gasteiger partial charge on any atom is -0.450 e. The number of hydrogen-bond donors (Lipinski definition) is 1. The van der Waals surface area contributed by atoms with Gasteiger partial charge in [0, 0.05) is 11.8 Å². The van der Waals surface area contributed by atoms with E-state index in [2.05, 4.69) is 5.32 Å². The molecule has 0 radical (unpaired) electrons. The molecule has 1 N–H and O–H groups in total. The molecule has 0 fully saturated rings. The minimum absolute atomic E-state index is 0.136. The van der Waals surface area contributed by atoms with Crippen molar-refractivity contribution in [3.63, 3.8) is 0 Å². The van der Waals surface area contributed by atoms with Gasteiger partial charge < -0.3 is 10.1 Å². The third-order valence-corrected chi connectivity index (χ3v) is 5.15. The van der Waals surface area contributed by atoms with Crippen molar-refractivity contribution < 1.29 is 19.1 Å². The Hall–Kier alpha value is -1.70. The van der Waals surface area contributed by atoms with Crippen LogP contribution in [0, 0.1) is 0 Å². The molecule has 0 saturated carbocycles. The van der Waals surface area contributed by atoms with E-state index in [4.69, 9.17) is 16.3 Å². The zero-order valence-electron chi connectivity index (χ0n) is 12.4.